The summed E-state index contributed by atoms with van der Waals surface area (Å²) in [6.07, 6.45) is 1.81. The first-order valence-corrected chi connectivity index (χ1v) is 5.56. The molecule has 0 aliphatic heterocycles. The molecular formula is C15H15NO. The zero-order valence-corrected chi connectivity index (χ0v) is 10.0. The lowest BCUT2D eigenvalue weighted by atomic mass is 10.1. The van der Waals surface area contributed by atoms with Crippen LogP contribution in [0.1, 0.15) is 16.7 Å². The van der Waals surface area contributed by atoms with Crippen LogP contribution in [0.25, 0.3) is 0 Å². The highest BCUT2D eigenvalue weighted by Gasteiger charge is 2.01. The Morgan fingerprint density at radius 1 is 1.00 bits per heavy atom. The maximum atomic E-state index is 9.67. The highest BCUT2D eigenvalue weighted by molar-refractivity contribution is 5.83. The number of hydrogen-bond acceptors (Lipinski definition) is 2. The Labute approximate surface area is 101 Å². The number of hydrogen-bond donors (Lipinski definition) is 1. The van der Waals surface area contributed by atoms with Crippen LogP contribution in [0.4, 0.5) is 5.69 Å². The predicted octanol–water partition coefficient (Wildman–Crippen LogP) is 3.76. The van der Waals surface area contributed by atoms with Gasteiger partial charge in [0.05, 0.1) is 5.69 Å². The lowest BCUT2D eigenvalue weighted by molar-refractivity contribution is 0.467. The monoisotopic (exact) mass is 225 g/mol. The summed E-state index contributed by atoms with van der Waals surface area (Å²) in [6, 6.07) is 13.6. The van der Waals surface area contributed by atoms with E-state index in [9.17, 15) is 5.11 Å². The van der Waals surface area contributed by atoms with Crippen molar-refractivity contribution < 1.29 is 5.11 Å². The Hall–Kier alpha value is -2.09. The van der Waals surface area contributed by atoms with Gasteiger partial charge in [-0.1, -0.05) is 18.2 Å². The maximum Gasteiger partial charge on any atom is 0.121 e. The summed E-state index contributed by atoms with van der Waals surface area (Å²) in [6.45, 7) is 3.78. The molecule has 0 aliphatic carbocycles. The van der Waals surface area contributed by atoms with E-state index < -0.39 is 0 Å². The van der Waals surface area contributed by atoms with E-state index in [1.165, 1.54) is 0 Å². The number of nitrogens with zero attached hydrogens (tertiary/aromatic N) is 1. The van der Waals surface area contributed by atoms with E-state index in [4.69, 9.17) is 0 Å². The average molecular weight is 225 g/mol. The van der Waals surface area contributed by atoms with E-state index in [1.54, 1.807) is 0 Å². The number of phenols is 1. The van der Waals surface area contributed by atoms with E-state index in [0.29, 0.717) is 5.75 Å². The molecule has 0 aliphatic rings. The molecule has 0 heterocycles. The van der Waals surface area contributed by atoms with Crippen LogP contribution in [0.5, 0.6) is 5.75 Å². The van der Waals surface area contributed by atoms with Gasteiger partial charge < -0.3 is 5.11 Å². The van der Waals surface area contributed by atoms with Crippen LogP contribution in [0.2, 0.25) is 0 Å². The van der Waals surface area contributed by atoms with Crippen molar-refractivity contribution in [1.29, 1.82) is 0 Å². The van der Waals surface area contributed by atoms with Crippen molar-refractivity contribution in [3.63, 3.8) is 0 Å². The number of rotatable bonds is 2. The van der Waals surface area contributed by atoms with Gasteiger partial charge in [-0.15, -0.1) is 0 Å². The minimum absolute atomic E-state index is 0.363. The first-order chi connectivity index (χ1) is 8.16. The summed E-state index contributed by atoms with van der Waals surface area (Å²) in [5.41, 5.74) is 3.68. The van der Waals surface area contributed by atoms with Crippen LogP contribution in [0, 0.1) is 13.8 Å². The Morgan fingerprint density at radius 3 is 2.18 bits per heavy atom. The summed E-state index contributed by atoms with van der Waals surface area (Å²) in [5, 5.41) is 9.67. The van der Waals surface area contributed by atoms with Gasteiger partial charge in [0.15, 0.2) is 0 Å². The van der Waals surface area contributed by atoms with Crippen LogP contribution in [-0.4, -0.2) is 11.3 Å². The van der Waals surface area contributed by atoms with E-state index >= 15 is 0 Å². The third-order valence-electron chi connectivity index (χ3n) is 2.63. The average Bonchev–Trinajstić information content (AvgIpc) is 2.34. The highest BCUT2D eigenvalue weighted by Crippen LogP contribution is 2.22. The van der Waals surface area contributed by atoms with Crippen LogP contribution < -0.4 is 0 Å². The summed E-state index contributed by atoms with van der Waals surface area (Å²) in [7, 11) is 0. The molecule has 0 unspecified atom stereocenters. The van der Waals surface area contributed by atoms with E-state index in [0.717, 1.165) is 22.4 Å². The molecule has 0 amide bonds. The second-order valence-electron chi connectivity index (χ2n) is 4.10. The molecule has 2 nitrogen and oxygen atoms in total. The van der Waals surface area contributed by atoms with Gasteiger partial charge in [0.1, 0.15) is 5.75 Å². The standard InChI is InChI=1S/C15H15NO/c1-11-8-13(9-12(2)15(11)17)10-16-14-6-4-3-5-7-14/h3-10,17H,1-2H3. The zero-order valence-electron chi connectivity index (χ0n) is 10.0. The molecule has 0 bridgehead atoms. The fraction of sp³-hybridized carbons (Fsp3) is 0.133. The van der Waals surface area contributed by atoms with Gasteiger partial charge in [-0.3, -0.25) is 4.99 Å². The predicted molar refractivity (Wildman–Crippen MR) is 71.3 cm³/mol. The molecule has 0 fully saturated rings. The normalized spacial score (nSPS) is 10.9. The molecule has 0 atom stereocenters. The van der Waals surface area contributed by atoms with Gasteiger partial charge in [0.25, 0.3) is 0 Å². The van der Waals surface area contributed by atoms with E-state index in [2.05, 4.69) is 4.99 Å². The fourth-order valence-electron chi connectivity index (χ4n) is 1.73. The van der Waals surface area contributed by atoms with Crippen molar-refractivity contribution in [3.05, 3.63) is 59.2 Å². The minimum Gasteiger partial charge on any atom is -0.507 e. The summed E-state index contributed by atoms with van der Waals surface area (Å²) in [5.74, 6) is 0.363. The molecule has 2 heteroatoms. The molecule has 0 saturated carbocycles. The third kappa shape index (κ3) is 2.72. The Kier molecular flexibility index (Phi) is 3.24. The van der Waals surface area contributed by atoms with Gasteiger partial charge in [-0.25, -0.2) is 0 Å². The molecular weight excluding hydrogens is 210 g/mol. The SMILES string of the molecule is Cc1cc(C=Nc2ccccc2)cc(C)c1O. The second kappa shape index (κ2) is 4.83. The van der Waals surface area contributed by atoms with Crippen molar-refractivity contribution >= 4 is 11.9 Å². The van der Waals surface area contributed by atoms with Gasteiger partial charge in [0.2, 0.25) is 0 Å². The minimum atomic E-state index is 0.363. The topological polar surface area (TPSA) is 32.6 Å². The summed E-state index contributed by atoms with van der Waals surface area (Å²) >= 11 is 0. The first kappa shape index (κ1) is 11.4. The molecule has 86 valence electrons. The lowest BCUT2D eigenvalue weighted by Crippen LogP contribution is -1.87. The maximum absolute atomic E-state index is 9.67. The van der Waals surface area contributed by atoms with Crippen LogP contribution in [0.15, 0.2) is 47.5 Å². The Bertz CT molecular complexity index is 521. The molecule has 1 N–H and O–H groups in total. The quantitative estimate of drug-likeness (QED) is 0.775. The third-order valence-corrected chi connectivity index (χ3v) is 2.63. The smallest absolute Gasteiger partial charge is 0.121 e. The number of benzene rings is 2. The molecule has 0 spiro atoms. The van der Waals surface area contributed by atoms with Crippen molar-refractivity contribution in [2.75, 3.05) is 0 Å². The van der Waals surface area contributed by atoms with Crippen LogP contribution >= 0.6 is 0 Å². The van der Waals surface area contributed by atoms with Gasteiger partial charge >= 0.3 is 0 Å². The molecule has 2 aromatic rings. The highest BCUT2D eigenvalue weighted by atomic mass is 16.3. The number of aromatic hydroxyl groups is 1. The molecule has 0 radical (unpaired) electrons. The number of aryl methyl sites for hydroxylation is 2. The summed E-state index contributed by atoms with van der Waals surface area (Å²) in [4.78, 5) is 4.38. The summed E-state index contributed by atoms with van der Waals surface area (Å²) < 4.78 is 0. The lowest BCUT2D eigenvalue weighted by Gasteiger charge is -2.04. The van der Waals surface area contributed by atoms with Gasteiger partial charge in [0, 0.05) is 6.21 Å². The Morgan fingerprint density at radius 2 is 1.59 bits per heavy atom. The molecule has 17 heavy (non-hydrogen) atoms. The van der Waals surface area contributed by atoms with Crippen molar-refractivity contribution in [1.82, 2.24) is 0 Å². The molecule has 0 aromatic heterocycles. The van der Waals surface area contributed by atoms with Gasteiger partial charge in [-0.05, 0) is 54.8 Å². The fourth-order valence-corrected chi connectivity index (χ4v) is 1.73. The largest absolute Gasteiger partial charge is 0.507 e. The number of phenolic OH excluding ortho intramolecular Hbond substituents is 1. The van der Waals surface area contributed by atoms with Crippen molar-refractivity contribution in [3.8, 4) is 5.75 Å². The van der Waals surface area contributed by atoms with Crippen LogP contribution in [0.3, 0.4) is 0 Å². The second-order valence-corrected chi connectivity index (χ2v) is 4.10. The van der Waals surface area contributed by atoms with Crippen LogP contribution in [-0.2, 0) is 0 Å². The molecule has 0 saturated heterocycles. The number of para-hydroxylation sites is 1. The van der Waals surface area contributed by atoms with E-state index in [1.807, 2.05) is 62.5 Å². The van der Waals surface area contributed by atoms with E-state index in [-0.39, 0.29) is 0 Å². The van der Waals surface area contributed by atoms with Crippen molar-refractivity contribution in [2.45, 2.75) is 13.8 Å². The Balaban J connectivity index is 2.28. The zero-order chi connectivity index (χ0) is 12.3. The van der Waals surface area contributed by atoms with Gasteiger partial charge in [-0.2, -0.15) is 0 Å². The molecule has 2 aromatic carbocycles. The van der Waals surface area contributed by atoms with Crippen molar-refractivity contribution in [2.24, 2.45) is 4.99 Å². The number of aliphatic imine (C=N–C) groups is 1. The first-order valence-electron chi connectivity index (χ1n) is 5.56. The molecule has 2 rings (SSSR count).